The molecule has 2 heterocycles. The molecule has 36 heavy (non-hydrogen) atoms. The maximum absolute atomic E-state index is 13.0. The van der Waals surface area contributed by atoms with Crippen molar-refractivity contribution in [3.63, 3.8) is 0 Å². The minimum absolute atomic E-state index is 0.0155. The molecule has 6 heteroatoms. The number of imidazole rings is 1. The zero-order chi connectivity index (χ0) is 25.1. The lowest BCUT2D eigenvalue weighted by Crippen LogP contribution is -2.24. The van der Waals surface area contributed by atoms with Crippen LogP contribution in [0.2, 0.25) is 0 Å². The number of carbonyl (C=O) groups is 1. The van der Waals surface area contributed by atoms with Crippen molar-refractivity contribution in [3.05, 3.63) is 84.2 Å². The monoisotopic (exact) mass is 483 g/mol. The van der Waals surface area contributed by atoms with Crippen LogP contribution in [0.3, 0.4) is 0 Å². The van der Waals surface area contributed by atoms with E-state index >= 15 is 0 Å². The fraction of sp³-hybridized carbons (Fsp3) is 0.333. The molecule has 0 saturated carbocycles. The number of para-hydroxylation sites is 2. The minimum atomic E-state index is 0.0155. The van der Waals surface area contributed by atoms with E-state index in [0.29, 0.717) is 38.6 Å². The van der Waals surface area contributed by atoms with E-state index in [1.807, 2.05) is 66.4 Å². The van der Waals surface area contributed by atoms with Crippen LogP contribution in [0.25, 0.3) is 11.0 Å². The first-order valence-electron chi connectivity index (χ1n) is 12.7. The van der Waals surface area contributed by atoms with Crippen molar-refractivity contribution in [2.75, 3.05) is 24.7 Å². The van der Waals surface area contributed by atoms with Crippen molar-refractivity contribution in [1.82, 2.24) is 9.55 Å². The van der Waals surface area contributed by atoms with Gasteiger partial charge in [-0.3, -0.25) is 4.79 Å². The Morgan fingerprint density at radius 3 is 2.36 bits per heavy atom. The van der Waals surface area contributed by atoms with E-state index in [-0.39, 0.29) is 11.8 Å². The molecule has 1 fully saturated rings. The number of rotatable bonds is 9. The van der Waals surface area contributed by atoms with Crippen molar-refractivity contribution in [1.29, 1.82) is 0 Å². The maximum atomic E-state index is 13.0. The van der Waals surface area contributed by atoms with Crippen molar-refractivity contribution in [2.24, 2.45) is 0 Å². The Bertz CT molecular complexity index is 1330. The van der Waals surface area contributed by atoms with Gasteiger partial charge < -0.3 is 18.9 Å². The molecule has 1 atom stereocenters. The first-order valence-corrected chi connectivity index (χ1v) is 12.7. The molecule has 1 saturated heterocycles. The van der Waals surface area contributed by atoms with Crippen molar-refractivity contribution < 1.29 is 14.3 Å². The highest BCUT2D eigenvalue weighted by Gasteiger charge is 2.34. The summed E-state index contributed by atoms with van der Waals surface area (Å²) in [7, 11) is 0. The standard InChI is InChI=1S/C30H33N3O3/c1-4-35-25-15-11-24(12-16-25)33-20-23(19-29(33)34)30-31-27-7-5-6-8-28(27)32(30)17-18-36-26-13-9-22(10-14-26)21(2)3/h5-16,21,23H,4,17-20H2,1-3H3. The molecular weight excluding hydrogens is 450 g/mol. The number of anilines is 1. The first kappa shape index (κ1) is 23.9. The number of fused-ring (bicyclic) bond motifs is 1. The van der Waals surface area contributed by atoms with Crippen LogP contribution in [-0.4, -0.2) is 35.2 Å². The second-order valence-electron chi connectivity index (χ2n) is 9.51. The third-order valence-electron chi connectivity index (χ3n) is 6.76. The van der Waals surface area contributed by atoms with Crippen LogP contribution in [-0.2, 0) is 11.3 Å². The third kappa shape index (κ3) is 4.94. The van der Waals surface area contributed by atoms with E-state index in [0.717, 1.165) is 34.0 Å². The molecule has 0 N–H and O–H groups in total. The molecule has 1 amide bonds. The molecule has 5 rings (SSSR count). The smallest absolute Gasteiger partial charge is 0.227 e. The minimum Gasteiger partial charge on any atom is -0.494 e. The summed E-state index contributed by atoms with van der Waals surface area (Å²) in [5.74, 6) is 3.24. The number of amides is 1. The summed E-state index contributed by atoms with van der Waals surface area (Å²) >= 11 is 0. The van der Waals surface area contributed by atoms with Gasteiger partial charge in [-0.25, -0.2) is 4.98 Å². The second kappa shape index (κ2) is 10.4. The van der Waals surface area contributed by atoms with Crippen LogP contribution in [0.1, 0.15) is 50.4 Å². The molecule has 1 unspecified atom stereocenters. The Labute approximate surface area is 212 Å². The van der Waals surface area contributed by atoms with Gasteiger partial charge in [0, 0.05) is 24.6 Å². The Morgan fingerprint density at radius 1 is 0.944 bits per heavy atom. The van der Waals surface area contributed by atoms with Crippen LogP contribution in [0.4, 0.5) is 5.69 Å². The lowest BCUT2D eigenvalue weighted by Gasteiger charge is -2.18. The topological polar surface area (TPSA) is 56.6 Å². The zero-order valence-corrected chi connectivity index (χ0v) is 21.2. The molecule has 0 aliphatic carbocycles. The Kier molecular flexibility index (Phi) is 6.94. The van der Waals surface area contributed by atoms with Gasteiger partial charge in [-0.2, -0.15) is 0 Å². The molecule has 4 aromatic rings. The van der Waals surface area contributed by atoms with Gasteiger partial charge in [0.15, 0.2) is 0 Å². The predicted octanol–water partition coefficient (Wildman–Crippen LogP) is 6.16. The van der Waals surface area contributed by atoms with Crippen molar-refractivity contribution in [2.45, 2.75) is 45.6 Å². The summed E-state index contributed by atoms with van der Waals surface area (Å²) in [4.78, 5) is 19.8. The van der Waals surface area contributed by atoms with Gasteiger partial charge >= 0.3 is 0 Å². The van der Waals surface area contributed by atoms with Crippen molar-refractivity contribution in [3.8, 4) is 11.5 Å². The van der Waals surface area contributed by atoms with Gasteiger partial charge in [0.2, 0.25) is 5.91 Å². The summed E-state index contributed by atoms with van der Waals surface area (Å²) in [6.45, 7) is 8.74. The fourth-order valence-corrected chi connectivity index (χ4v) is 4.86. The quantitative estimate of drug-likeness (QED) is 0.286. The molecule has 6 nitrogen and oxygen atoms in total. The van der Waals surface area contributed by atoms with Gasteiger partial charge in [-0.15, -0.1) is 0 Å². The SMILES string of the molecule is CCOc1ccc(N2CC(c3nc4ccccc4n3CCOc3ccc(C(C)C)cc3)CC2=O)cc1. The lowest BCUT2D eigenvalue weighted by molar-refractivity contribution is -0.117. The van der Waals surface area contributed by atoms with Gasteiger partial charge in [0.25, 0.3) is 0 Å². The highest BCUT2D eigenvalue weighted by atomic mass is 16.5. The number of ether oxygens (including phenoxy) is 2. The largest absolute Gasteiger partial charge is 0.494 e. The van der Waals surface area contributed by atoms with Gasteiger partial charge in [0.1, 0.15) is 23.9 Å². The van der Waals surface area contributed by atoms with Crippen molar-refractivity contribution >= 4 is 22.6 Å². The highest BCUT2D eigenvalue weighted by Crippen LogP contribution is 2.34. The molecule has 1 aromatic heterocycles. The molecule has 186 valence electrons. The summed E-state index contributed by atoms with van der Waals surface area (Å²) in [6, 6.07) is 24.2. The van der Waals surface area contributed by atoms with E-state index < -0.39 is 0 Å². The average Bonchev–Trinajstić information content (AvgIpc) is 3.45. The van der Waals surface area contributed by atoms with E-state index in [2.05, 4.69) is 36.6 Å². The third-order valence-corrected chi connectivity index (χ3v) is 6.76. The molecule has 1 aliphatic rings. The lowest BCUT2D eigenvalue weighted by atomic mass is 10.0. The predicted molar refractivity (Wildman–Crippen MR) is 143 cm³/mol. The Hall–Kier alpha value is -3.80. The second-order valence-corrected chi connectivity index (χ2v) is 9.51. The fourth-order valence-electron chi connectivity index (χ4n) is 4.86. The number of benzene rings is 3. The van der Waals surface area contributed by atoms with Crippen LogP contribution in [0.5, 0.6) is 11.5 Å². The average molecular weight is 484 g/mol. The van der Waals surface area contributed by atoms with Gasteiger partial charge in [-0.05, 0) is 66.9 Å². The maximum Gasteiger partial charge on any atom is 0.227 e. The summed E-state index contributed by atoms with van der Waals surface area (Å²) < 4.78 is 13.9. The Balaban J connectivity index is 1.34. The van der Waals surface area contributed by atoms with E-state index in [1.54, 1.807) is 0 Å². The van der Waals surface area contributed by atoms with Gasteiger partial charge in [-0.1, -0.05) is 38.1 Å². The number of nitrogens with zero attached hydrogens (tertiary/aromatic N) is 3. The molecular formula is C30H33N3O3. The van der Waals surface area contributed by atoms with E-state index in [4.69, 9.17) is 14.5 Å². The van der Waals surface area contributed by atoms with Crippen LogP contribution >= 0.6 is 0 Å². The summed E-state index contributed by atoms with van der Waals surface area (Å²) in [6.07, 6.45) is 0.439. The van der Waals surface area contributed by atoms with E-state index in [1.165, 1.54) is 5.56 Å². The number of carbonyl (C=O) groups excluding carboxylic acids is 1. The zero-order valence-electron chi connectivity index (χ0n) is 21.2. The normalized spacial score (nSPS) is 15.7. The number of hydrogen-bond donors (Lipinski definition) is 0. The van der Waals surface area contributed by atoms with Crippen LogP contribution in [0, 0.1) is 0 Å². The van der Waals surface area contributed by atoms with E-state index in [9.17, 15) is 4.79 Å². The van der Waals surface area contributed by atoms with Gasteiger partial charge in [0.05, 0.1) is 24.2 Å². The highest BCUT2D eigenvalue weighted by molar-refractivity contribution is 5.96. The first-order chi connectivity index (χ1) is 17.5. The van der Waals surface area contributed by atoms with Crippen LogP contribution < -0.4 is 14.4 Å². The summed E-state index contributed by atoms with van der Waals surface area (Å²) in [5, 5.41) is 0. The molecule has 0 bridgehead atoms. The number of hydrogen-bond acceptors (Lipinski definition) is 4. The molecule has 0 spiro atoms. The molecule has 3 aromatic carbocycles. The van der Waals surface area contributed by atoms with Crippen LogP contribution in [0.15, 0.2) is 72.8 Å². The molecule has 1 aliphatic heterocycles. The Morgan fingerprint density at radius 2 is 1.64 bits per heavy atom. The summed E-state index contributed by atoms with van der Waals surface area (Å²) in [5.41, 5.74) is 4.20. The number of aromatic nitrogens is 2. The molecule has 0 radical (unpaired) electrons.